The Kier molecular flexibility index (Phi) is 5.46. The highest BCUT2D eigenvalue weighted by molar-refractivity contribution is 5.95. The number of hydrogen-bond acceptors (Lipinski definition) is 4. The van der Waals surface area contributed by atoms with Crippen molar-refractivity contribution in [3.8, 4) is 23.1 Å². The molecular formula is C24H27N3O2. The number of fused-ring (bicyclic) bond motifs is 1. The van der Waals surface area contributed by atoms with Crippen LogP contribution in [0.3, 0.4) is 0 Å². The maximum atomic E-state index is 9.99. The Balaban J connectivity index is 1.80. The maximum absolute atomic E-state index is 9.99. The molecule has 3 aromatic rings. The highest BCUT2D eigenvalue weighted by Crippen LogP contribution is 2.45. The van der Waals surface area contributed by atoms with Crippen LogP contribution in [0, 0.1) is 11.3 Å². The summed E-state index contributed by atoms with van der Waals surface area (Å²) in [5.74, 6) is 0.807. The minimum absolute atomic E-state index is 0.380. The minimum atomic E-state index is 0.380. The number of nitriles is 1. The summed E-state index contributed by atoms with van der Waals surface area (Å²) in [6.07, 6.45) is 2.28. The number of benzene rings is 2. The van der Waals surface area contributed by atoms with Crippen LogP contribution in [-0.2, 0) is 4.74 Å². The summed E-state index contributed by atoms with van der Waals surface area (Å²) in [4.78, 5) is 0. The molecule has 1 aromatic heterocycles. The number of anilines is 1. The quantitative estimate of drug-likeness (QED) is 0.527. The first-order chi connectivity index (χ1) is 14.1. The first kappa shape index (κ1) is 19.4. The zero-order valence-electron chi connectivity index (χ0n) is 17.2. The lowest BCUT2D eigenvalue weighted by Crippen LogP contribution is -2.09. The summed E-state index contributed by atoms with van der Waals surface area (Å²) in [6.45, 7) is 5.31. The van der Waals surface area contributed by atoms with Crippen molar-refractivity contribution in [3.05, 3.63) is 48.0 Å². The van der Waals surface area contributed by atoms with Gasteiger partial charge >= 0.3 is 0 Å². The van der Waals surface area contributed by atoms with Crippen LogP contribution in [0.25, 0.3) is 22.2 Å². The first-order valence-corrected chi connectivity index (χ1v) is 10.2. The van der Waals surface area contributed by atoms with Crippen molar-refractivity contribution in [2.75, 3.05) is 25.6 Å². The fraction of sp³-hybridized carbons (Fsp3) is 0.375. The van der Waals surface area contributed by atoms with Gasteiger partial charge in [-0.1, -0.05) is 12.1 Å². The van der Waals surface area contributed by atoms with Crippen LogP contribution in [0.4, 0.5) is 5.69 Å². The van der Waals surface area contributed by atoms with Gasteiger partial charge < -0.3 is 19.4 Å². The molecule has 0 saturated heterocycles. The summed E-state index contributed by atoms with van der Waals surface area (Å²) in [7, 11) is 1.66. The zero-order valence-corrected chi connectivity index (χ0v) is 17.2. The van der Waals surface area contributed by atoms with Gasteiger partial charge in [0.1, 0.15) is 18.4 Å². The summed E-state index contributed by atoms with van der Waals surface area (Å²) in [5, 5.41) is 14.4. The number of methoxy groups -OCH3 is 1. The van der Waals surface area contributed by atoms with E-state index in [9.17, 15) is 5.26 Å². The Morgan fingerprint density at radius 1 is 1.14 bits per heavy atom. The van der Waals surface area contributed by atoms with Gasteiger partial charge in [0.15, 0.2) is 0 Å². The molecule has 1 fully saturated rings. The van der Waals surface area contributed by atoms with Crippen molar-refractivity contribution in [1.29, 1.82) is 5.26 Å². The van der Waals surface area contributed by atoms with Gasteiger partial charge in [0.25, 0.3) is 0 Å². The molecule has 1 aliphatic carbocycles. The van der Waals surface area contributed by atoms with Crippen molar-refractivity contribution < 1.29 is 9.47 Å². The van der Waals surface area contributed by atoms with Gasteiger partial charge in [-0.3, -0.25) is 0 Å². The molecule has 5 heteroatoms. The molecule has 1 aliphatic rings. The van der Waals surface area contributed by atoms with Crippen LogP contribution in [0.15, 0.2) is 42.5 Å². The smallest absolute Gasteiger partial charge is 0.121 e. The normalized spacial score (nSPS) is 13.6. The van der Waals surface area contributed by atoms with E-state index in [4.69, 9.17) is 9.47 Å². The molecule has 1 saturated carbocycles. The Labute approximate surface area is 171 Å². The third kappa shape index (κ3) is 3.94. The molecule has 2 aromatic carbocycles. The van der Waals surface area contributed by atoms with Crippen LogP contribution in [-0.4, -0.2) is 30.9 Å². The Morgan fingerprint density at radius 2 is 1.90 bits per heavy atom. The predicted molar refractivity (Wildman–Crippen MR) is 116 cm³/mol. The molecule has 0 spiro atoms. The fourth-order valence-electron chi connectivity index (χ4n) is 3.79. The molecule has 0 aliphatic heterocycles. The molecule has 0 radical (unpaired) electrons. The average Bonchev–Trinajstić information content (AvgIpc) is 3.49. The molecule has 0 bridgehead atoms. The van der Waals surface area contributed by atoms with Gasteiger partial charge in [0, 0.05) is 36.3 Å². The first-order valence-electron chi connectivity index (χ1n) is 10.2. The Morgan fingerprint density at radius 3 is 2.52 bits per heavy atom. The lowest BCUT2D eigenvalue weighted by molar-refractivity contribution is 0.146. The topological polar surface area (TPSA) is 59.2 Å². The Bertz CT molecular complexity index is 1040. The number of hydrogen-bond donors (Lipinski definition) is 1. The minimum Gasteiger partial charge on any atom is -0.491 e. The number of nitrogens with one attached hydrogen (secondary N) is 1. The molecule has 0 amide bonds. The van der Waals surface area contributed by atoms with Gasteiger partial charge in [0.2, 0.25) is 0 Å². The summed E-state index contributed by atoms with van der Waals surface area (Å²) in [5.41, 5.74) is 4.97. The van der Waals surface area contributed by atoms with Crippen molar-refractivity contribution >= 4 is 16.6 Å². The van der Waals surface area contributed by atoms with Crippen molar-refractivity contribution in [1.82, 2.24) is 4.57 Å². The third-order valence-corrected chi connectivity index (χ3v) is 5.17. The van der Waals surface area contributed by atoms with Crippen LogP contribution < -0.4 is 10.1 Å². The lowest BCUT2D eigenvalue weighted by atomic mass is 10.1. The summed E-state index contributed by atoms with van der Waals surface area (Å²) in [6, 6.07) is 17.7. The van der Waals surface area contributed by atoms with Crippen molar-refractivity contribution in [2.45, 2.75) is 38.8 Å². The molecule has 1 N–H and O–H groups in total. The SMILES string of the molecule is COCCOc1ccc2c(C#N)c(-c3ccc(NC(C)C)cc3)n(C3CC3)c2c1. The van der Waals surface area contributed by atoms with E-state index in [2.05, 4.69) is 60.1 Å². The van der Waals surface area contributed by atoms with E-state index in [0.29, 0.717) is 25.3 Å². The standard InChI is InChI=1S/C24H27N3O2/c1-16(2)26-18-6-4-17(5-7-18)24-22(15-25)21-11-10-20(29-13-12-28-3)14-23(21)27(24)19-8-9-19/h4-7,10-11,14,16,19,26H,8-9,12-13H2,1-3H3. The van der Waals surface area contributed by atoms with Crippen molar-refractivity contribution in [2.24, 2.45) is 0 Å². The second kappa shape index (κ2) is 8.18. The molecule has 29 heavy (non-hydrogen) atoms. The van der Waals surface area contributed by atoms with E-state index in [-0.39, 0.29) is 0 Å². The van der Waals surface area contributed by atoms with Gasteiger partial charge in [-0.25, -0.2) is 0 Å². The highest BCUT2D eigenvalue weighted by Gasteiger charge is 2.30. The molecule has 4 rings (SSSR count). The second-order valence-corrected chi connectivity index (χ2v) is 7.83. The number of ether oxygens (including phenoxy) is 2. The predicted octanol–water partition coefficient (Wildman–Crippen LogP) is 5.36. The Hall–Kier alpha value is -2.97. The van der Waals surface area contributed by atoms with E-state index in [1.54, 1.807) is 7.11 Å². The number of nitrogens with zero attached hydrogens (tertiary/aromatic N) is 2. The monoisotopic (exact) mass is 389 g/mol. The van der Waals surface area contributed by atoms with Crippen LogP contribution >= 0.6 is 0 Å². The van der Waals surface area contributed by atoms with Crippen LogP contribution in [0.2, 0.25) is 0 Å². The van der Waals surface area contributed by atoms with Gasteiger partial charge in [-0.05, 0) is 56.5 Å². The molecular weight excluding hydrogens is 362 g/mol. The maximum Gasteiger partial charge on any atom is 0.121 e. The van der Waals surface area contributed by atoms with E-state index < -0.39 is 0 Å². The van der Waals surface area contributed by atoms with Gasteiger partial charge in [0.05, 0.1) is 23.4 Å². The van der Waals surface area contributed by atoms with Crippen molar-refractivity contribution in [3.63, 3.8) is 0 Å². The van der Waals surface area contributed by atoms with E-state index in [1.165, 1.54) is 0 Å². The zero-order chi connectivity index (χ0) is 20.4. The number of aromatic nitrogens is 1. The van der Waals surface area contributed by atoms with E-state index in [1.807, 2.05) is 12.1 Å². The molecule has 0 unspecified atom stereocenters. The fourth-order valence-corrected chi connectivity index (χ4v) is 3.79. The molecule has 1 heterocycles. The lowest BCUT2D eigenvalue weighted by Gasteiger charge is -2.13. The molecule has 5 nitrogen and oxygen atoms in total. The van der Waals surface area contributed by atoms with Gasteiger partial charge in [-0.15, -0.1) is 0 Å². The number of rotatable bonds is 8. The van der Waals surface area contributed by atoms with E-state index >= 15 is 0 Å². The van der Waals surface area contributed by atoms with Gasteiger partial charge in [-0.2, -0.15) is 5.26 Å². The van der Waals surface area contributed by atoms with Crippen LogP contribution in [0.5, 0.6) is 5.75 Å². The molecule has 0 atom stereocenters. The second-order valence-electron chi connectivity index (χ2n) is 7.83. The largest absolute Gasteiger partial charge is 0.491 e. The van der Waals surface area contributed by atoms with Crippen LogP contribution in [0.1, 0.15) is 38.3 Å². The van der Waals surface area contributed by atoms with E-state index in [0.717, 1.165) is 52.0 Å². The average molecular weight is 389 g/mol. The summed E-state index contributed by atoms with van der Waals surface area (Å²) < 4.78 is 13.2. The molecule has 150 valence electrons. The summed E-state index contributed by atoms with van der Waals surface area (Å²) >= 11 is 0. The highest BCUT2D eigenvalue weighted by atomic mass is 16.5. The third-order valence-electron chi connectivity index (χ3n) is 5.17.